The van der Waals surface area contributed by atoms with Gasteiger partial charge in [0.1, 0.15) is 0 Å². The molecule has 0 fully saturated rings. The van der Waals surface area contributed by atoms with Crippen molar-refractivity contribution in [3.05, 3.63) is 36.3 Å². The molecule has 0 aliphatic heterocycles. The fourth-order valence-corrected chi connectivity index (χ4v) is 1.89. The molecule has 1 aliphatic rings. The van der Waals surface area contributed by atoms with Crippen LogP contribution in [-0.4, -0.2) is 6.04 Å². The minimum absolute atomic E-state index is 0.376. The van der Waals surface area contributed by atoms with E-state index in [9.17, 15) is 0 Å². The van der Waals surface area contributed by atoms with Crippen LogP contribution >= 0.6 is 0 Å². The lowest BCUT2D eigenvalue weighted by atomic mass is 10.0. The molecule has 76 valence electrons. The van der Waals surface area contributed by atoms with E-state index in [2.05, 4.69) is 24.4 Å². The minimum Gasteiger partial charge on any atom is -0.472 e. The summed E-state index contributed by atoms with van der Waals surface area (Å²) in [5.74, 6) is 0. The highest BCUT2D eigenvalue weighted by molar-refractivity contribution is 5.11. The molecule has 0 bridgehead atoms. The van der Waals surface area contributed by atoms with Crippen LogP contribution in [0.1, 0.15) is 37.8 Å². The molecule has 0 radical (unpaired) electrons. The van der Waals surface area contributed by atoms with E-state index < -0.39 is 0 Å². The predicted octanol–water partition coefficient (Wildman–Crippen LogP) is 3.04. The first-order valence-corrected chi connectivity index (χ1v) is 5.31. The van der Waals surface area contributed by atoms with Gasteiger partial charge < -0.3 is 9.73 Å². The van der Waals surface area contributed by atoms with Crippen molar-refractivity contribution in [1.29, 1.82) is 0 Å². The van der Waals surface area contributed by atoms with Crippen molar-refractivity contribution in [2.45, 2.75) is 38.3 Å². The van der Waals surface area contributed by atoms with E-state index in [4.69, 9.17) is 4.42 Å². The molecule has 1 N–H and O–H groups in total. The predicted molar refractivity (Wildman–Crippen MR) is 57.0 cm³/mol. The van der Waals surface area contributed by atoms with E-state index in [0.29, 0.717) is 12.1 Å². The van der Waals surface area contributed by atoms with Crippen LogP contribution in [0.5, 0.6) is 0 Å². The Hall–Kier alpha value is -1.02. The number of hydrogen-bond acceptors (Lipinski definition) is 2. The molecule has 2 rings (SSSR count). The second kappa shape index (κ2) is 4.47. The summed E-state index contributed by atoms with van der Waals surface area (Å²) < 4.78 is 5.07. The van der Waals surface area contributed by atoms with Gasteiger partial charge in [0.25, 0.3) is 0 Å². The maximum atomic E-state index is 5.07. The van der Waals surface area contributed by atoms with Gasteiger partial charge in [-0.05, 0) is 32.3 Å². The maximum absolute atomic E-state index is 5.07. The summed E-state index contributed by atoms with van der Waals surface area (Å²) in [5.41, 5.74) is 1.23. The Morgan fingerprint density at radius 3 is 3.14 bits per heavy atom. The summed E-state index contributed by atoms with van der Waals surface area (Å²) in [7, 11) is 0. The third kappa shape index (κ3) is 2.26. The quantitative estimate of drug-likeness (QED) is 0.743. The van der Waals surface area contributed by atoms with Crippen molar-refractivity contribution in [1.82, 2.24) is 5.32 Å². The molecule has 1 aromatic rings. The molecule has 1 heterocycles. The van der Waals surface area contributed by atoms with Gasteiger partial charge in [0.2, 0.25) is 0 Å². The smallest absolute Gasteiger partial charge is 0.0950 e. The van der Waals surface area contributed by atoms with Gasteiger partial charge in [-0.1, -0.05) is 12.2 Å². The van der Waals surface area contributed by atoms with E-state index in [1.165, 1.54) is 24.8 Å². The summed E-state index contributed by atoms with van der Waals surface area (Å²) >= 11 is 0. The topological polar surface area (TPSA) is 25.2 Å². The van der Waals surface area contributed by atoms with Crippen molar-refractivity contribution < 1.29 is 4.42 Å². The number of hydrogen-bond donors (Lipinski definition) is 1. The van der Waals surface area contributed by atoms with Gasteiger partial charge in [-0.25, -0.2) is 0 Å². The Balaban J connectivity index is 1.91. The molecule has 0 saturated heterocycles. The molecule has 1 aromatic heterocycles. The monoisotopic (exact) mass is 191 g/mol. The van der Waals surface area contributed by atoms with Gasteiger partial charge in [-0.15, -0.1) is 0 Å². The van der Waals surface area contributed by atoms with Crippen LogP contribution < -0.4 is 5.32 Å². The Morgan fingerprint density at radius 2 is 2.50 bits per heavy atom. The lowest BCUT2D eigenvalue weighted by Crippen LogP contribution is -2.30. The van der Waals surface area contributed by atoms with E-state index in [0.717, 1.165) is 0 Å². The molecular weight excluding hydrogens is 174 g/mol. The Morgan fingerprint density at radius 1 is 1.57 bits per heavy atom. The Bertz CT molecular complexity index is 289. The molecule has 2 heteroatoms. The maximum Gasteiger partial charge on any atom is 0.0950 e. The molecular formula is C12H17NO. The van der Waals surface area contributed by atoms with Gasteiger partial charge in [0.05, 0.1) is 12.5 Å². The van der Waals surface area contributed by atoms with Crippen molar-refractivity contribution in [3.63, 3.8) is 0 Å². The van der Waals surface area contributed by atoms with Crippen molar-refractivity contribution in [3.8, 4) is 0 Å². The van der Waals surface area contributed by atoms with Crippen LogP contribution in [-0.2, 0) is 0 Å². The van der Waals surface area contributed by atoms with E-state index in [1.807, 2.05) is 12.3 Å². The molecule has 0 spiro atoms. The van der Waals surface area contributed by atoms with E-state index in [1.54, 1.807) is 6.26 Å². The summed E-state index contributed by atoms with van der Waals surface area (Å²) in [6.07, 6.45) is 11.9. The molecule has 2 atom stereocenters. The molecule has 2 unspecified atom stereocenters. The number of furan rings is 1. The molecule has 14 heavy (non-hydrogen) atoms. The zero-order valence-corrected chi connectivity index (χ0v) is 8.57. The SMILES string of the molecule is CC(NC1C=CCCC1)c1ccoc1. The summed E-state index contributed by atoms with van der Waals surface area (Å²) in [5, 5.41) is 3.57. The number of nitrogens with one attached hydrogen (secondary N) is 1. The molecule has 1 aliphatic carbocycles. The third-order valence-corrected chi connectivity index (χ3v) is 2.76. The lowest BCUT2D eigenvalue weighted by Gasteiger charge is -2.22. The normalized spacial score (nSPS) is 23.6. The molecule has 0 saturated carbocycles. The second-order valence-corrected chi connectivity index (χ2v) is 3.91. The first kappa shape index (κ1) is 9.53. The first-order valence-electron chi connectivity index (χ1n) is 5.31. The Kier molecular flexibility index (Phi) is 3.04. The molecule has 0 amide bonds. The zero-order valence-electron chi connectivity index (χ0n) is 8.57. The largest absolute Gasteiger partial charge is 0.472 e. The van der Waals surface area contributed by atoms with Crippen LogP contribution in [0, 0.1) is 0 Å². The van der Waals surface area contributed by atoms with Crippen molar-refractivity contribution in [2.24, 2.45) is 0 Å². The fourth-order valence-electron chi connectivity index (χ4n) is 1.89. The van der Waals surface area contributed by atoms with Crippen LogP contribution in [0.3, 0.4) is 0 Å². The highest BCUT2D eigenvalue weighted by Gasteiger charge is 2.13. The average Bonchev–Trinajstić information content (AvgIpc) is 2.72. The zero-order chi connectivity index (χ0) is 9.80. The lowest BCUT2D eigenvalue weighted by molar-refractivity contribution is 0.463. The van der Waals surface area contributed by atoms with Crippen LogP contribution in [0.4, 0.5) is 0 Å². The van der Waals surface area contributed by atoms with E-state index in [-0.39, 0.29) is 0 Å². The molecule has 2 nitrogen and oxygen atoms in total. The van der Waals surface area contributed by atoms with Gasteiger partial charge in [0, 0.05) is 17.6 Å². The highest BCUT2D eigenvalue weighted by atomic mass is 16.3. The van der Waals surface area contributed by atoms with E-state index >= 15 is 0 Å². The van der Waals surface area contributed by atoms with Crippen LogP contribution in [0.2, 0.25) is 0 Å². The van der Waals surface area contributed by atoms with Crippen LogP contribution in [0.25, 0.3) is 0 Å². The summed E-state index contributed by atoms with van der Waals surface area (Å²) in [4.78, 5) is 0. The minimum atomic E-state index is 0.376. The van der Waals surface area contributed by atoms with Gasteiger partial charge in [0.15, 0.2) is 0 Å². The van der Waals surface area contributed by atoms with Crippen molar-refractivity contribution in [2.75, 3.05) is 0 Å². The fraction of sp³-hybridized carbons (Fsp3) is 0.500. The molecule has 0 aromatic carbocycles. The van der Waals surface area contributed by atoms with Gasteiger partial charge >= 0.3 is 0 Å². The van der Waals surface area contributed by atoms with Gasteiger partial charge in [-0.3, -0.25) is 0 Å². The first-order chi connectivity index (χ1) is 6.86. The van der Waals surface area contributed by atoms with Gasteiger partial charge in [-0.2, -0.15) is 0 Å². The average molecular weight is 191 g/mol. The second-order valence-electron chi connectivity index (χ2n) is 3.91. The highest BCUT2D eigenvalue weighted by Crippen LogP contribution is 2.17. The summed E-state index contributed by atoms with van der Waals surface area (Å²) in [6, 6.07) is 2.93. The number of allylic oxidation sites excluding steroid dienone is 1. The standard InChI is InChI=1S/C12H17NO/c1-10(11-7-8-14-9-11)13-12-5-3-2-4-6-12/h3,5,7-10,12-13H,2,4,6H2,1H3. The summed E-state index contributed by atoms with van der Waals surface area (Å²) in [6.45, 7) is 2.17. The third-order valence-electron chi connectivity index (χ3n) is 2.76. The Labute approximate surface area is 85.0 Å². The van der Waals surface area contributed by atoms with Crippen molar-refractivity contribution >= 4 is 0 Å². The van der Waals surface area contributed by atoms with Crippen LogP contribution in [0.15, 0.2) is 35.2 Å². The number of rotatable bonds is 3.